The molecule has 6 heteroatoms. The highest BCUT2D eigenvalue weighted by molar-refractivity contribution is 5.90. The van der Waals surface area contributed by atoms with E-state index in [1.807, 2.05) is 12.1 Å². The van der Waals surface area contributed by atoms with E-state index in [9.17, 15) is 4.79 Å². The average Bonchev–Trinajstić information content (AvgIpc) is 3.11. The van der Waals surface area contributed by atoms with Crippen molar-refractivity contribution < 1.29 is 10.0 Å². The predicted molar refractivity (Wildman–Crippen MR) is 106 cm³/mol. The molecule has 0 aliphatic carbocycles. The van der Waals surface area contributed by atoms with E-state index < -0.39 is 5.91 Å². The van der Waals surface area contributed by atoms with Crippen LogP contribution < -0.4 is 10.8 Å². The van der Waals surface area contributed by atoms with Gasteiger partial charge >= 0.3 is 0 Å². The fraction of sp³-hybridized carbons (Fsp3) is 0.333. The van der Waals surface area contributed by atoms with Gasteiger partial charge in [-0.1, -0.05) is 18.2 Å². The summed E-state index contributed by atoms with van der Waals surface area (Å²) in [6.45, 7) is 7.40. The quantitative estimate of drug-likeness (QED) is 0.416. The summed E-state index contributed by atoms with van der Waals surface area (Å²) in [5.74, 6) is 0.268. The summed E-state index contributed by atoms with van der Waals surface area (Å²) >= 11 is 0. The van der Waals surface area contributed by atoms with Crippen LogP contribution in [0.2, 0.25) is 0 Å². The molecule has 0 radical (unpaired) electrons. The molecule has 1 aromatic heterocycles. The first kappa shape index (κ1) is 19.1. The Balaban J connectivity index is 1.53. The Morgan fingerprint density at radius 1 is 1.33 bits per heavy atom. The number of aryl methyl sites for hydroxylation is 1. The van der Waals surface area contributed by atoms with E-state index in [1.165, 1.54) is 22.8 Å². The number of likely N-dealkylation sites (tertiary alicyclic amines) is 1. The third kappa shape index (κ3) is 5.15. The number of hydroxylamine groups is 1. The molecule has 3 N–H and O–H groups in total. The molecule has 1 aliphatic heterocycles. The molecule has 1 saturated heterocycles. The van der Waals surface area contributed by atoms with Gasteiger partial charge in [-0.05, 0) is 60.7 Å². The molecule has 1 fully saturated rings. The van der Waals surface area contributed by atoms with E-state index in [4.69, 9.17) is 5.21 Å². The molecule has 1 amide bonds. The maximum Gasteiger partial charge on any atom is 0.267 e. The fourth-order valence-electron chi connectivity index (χ4n) is 3.33. The van der Waals surface area contributed by atoms with Gasteiger partial charge in [-0.3, -0.25) is 14.9 Å². The second-order valence-electron chi connectivity index (χ2n) is 7.01. The van der Waals surface area contributed by atoms with Crippen molar-refractivity contribution in [2.24, 2.45) is 0 Å². The van der Waals surface area contributed by atoms with Gasteiger partial charge in [0.25, 0.3) is 5.91 Å². The van der Waals surface area contributed by atoms with E-state index in [1.54, 1.807) is 17.8 Å². The van der Waals surface area contributed by atoms with Gasteiger partial charge in [-0.15, -0.1) is 0 Å². The summed E-state index contributed by atoms with van der Waals surface area (Å²) in [4.78, 5) is 17.9. The van der Waals surface area contributed by atoms with Gasteiger partial charge < -0.3 is 5.32 Å². The minimum atomic E-state index is -0.563. The number of nitrogens with zero attached hydrogens (tertiary/aromatic N) is 2. The molecule has 2 heterocycles. The number of nitrogens with one attached hydrogen (secondary N) is 2. The van der Waals surface area contributed by atoms with Crippen LogP contribution in [0.25, 0.3) is 6.08 Å². The summed E-state index contributed by atoms with van der Waals surface area (Å²) in [5, 5.41) is 12.0. The molecule has 1 atom stereocenters. The number of hydrogen-bond donors (Lipinski definition) is 3. The standard InChI is InChI=1S/C21H26N4O2/c1-15-4-3-5-18(16(15)2)13-25-11-10-19(14-25)23-20-8-6-17(12-22-20)7-9-21(26)24-27/h3-9,12,19,27H,10-11,13-14H2,1-2H3,(H,22,23)(H,24,26)/t19-/m1/s1. The molecule has 6 nitrogen and oxygen atoms in total. The Kier molecular flexibility index (Phi) is 6.21. The van der Waals surface area contributed by atoms with Gasteiger partial charge in [0, 0.05) is 37.9 Å². The monoisotopic (exact) mass is 366 g/mol. The molecule has 0 unspecified atom stereocenters. The van der Waals surface area contributed by atoms with Crippen molar-refractivity contribution in [1.29, 1.82) is 0 Å². The minimum absolute atomic E-state index is 0.379. The minimum Gasteiger partial charge on any atom is -0.366 e. The highest BCUT2D eigenvalue weighted by atomic mass is 16.5. The SMILES string of the molecule is Cc1cccc(CN2CC[C@@H](Nc3ccc(C=CC(=O)NO)cn3)C2)c1C. The highest BCUT2D eigenvalue weighted by Gasteiger charge is 2.23. The van der Waals surface area contributed by atoms with Gasteiger partial charge in [-0.25, -0.2) is 10.5 Å². The second-order valence-corrected chi connectivity index (χ2v) is 7.01. The summed E-state index contributed by atoms with van der Waals surface area (Å²) in [5.41, 5.74) is 6.48. The van der Waals surface area contributed by atoms with Gasteiger partial charge in [0.05, 0.1) is 0 Å². The molecule has 1 aromatic carbocycles. The van der Waals surface area contributed by atoms with Crippen molar-refractivity contribution >= 4 is 17.8 Å². The molecule has 0 saturated carbocycles. The Morgan fingerprint density at radius 2 is 2.19 bits per heavy atom. The summed E-state index contributed by atoms with van der Waals surface area (Å²) in [7, 11) is 0. The van der Waals surface area contributed by atoms with Gasteiger partial charge in [-0.2, -0.15) is 0 Å². The van der Waals surface area contributed by atoms with Crippen molar-refractivity contribution in [2.75, 3.05) is 18.4 Å². The van der Waals surface area contributed by atoms with E-state index >= 15 is 0 Å². The third-order valence-electron chi connectivity index (χ3n) is 5.06. The number of rotatable bonds is 6. The number of carbonyl (C=O) groups excluding carboxylic acids is 1. The summed E-state index contributed by atoms with van der Waals surface area (Å²) in [6.07, 6.45) is 5.65. The lowest BCUT2D eigenvalue weighted by Gasteiger charge is -2.19. The predicted octanol–water partition coefficient (Wildman–Crippen LogP) is 2.90. The molecule has 0 bridgehead atoms. The number of anilines is 1. The van der Waals surface area contributed by atoms with Crippen LogP contribution >= 0.6 is 0 Å². The Hall–Kier alpha value is -2.70. The van der Waals surface area contributed by atoms with Crippen LogP contribution in [0.1, 0.15) is 28.7 Å². The normalized spacial score (nSPS) is 17.4. The van der Waals surface area contributed by atoms with Crippen molar-refractivity contribution in [3.05, 3.63) is 64.9 Å². The number of hydrogen-bond acceptors (Lipinski definition) is 5. The van der Waals surface area contributed by atoms with Crippen LogP contribution in [0.3, 0.4) is 0 Å². The van der Waals surface area contributed by atoms with Crippen LogP contribution in [0.4, 0.5) is 5.82 Å². The molecule has 27 heavy (non-hydrogen) atoms. The maximum absolute atomic E-state index is 11.0. The van der Waals surface area contributed by atoms with Crippen LogP contribution in [-0.4, -0.2) is 40.1 Å². The van der Waals surface area contributed by atoms with E-state index in [2.05, 4.69) is 47.2 Å². The molecule has 0 spiro atoms. The molecular weight excluding hydrogens is 340 g/mol. The van der Waals surface area contributed by atoms with Crippen molar-refractivity contribution in [3.63, 3.8) is 0 Å². The second kappa shape index (κ2) is 8.79. The van der Waals surface area contributed by atoms with Crippen LogP contribution in [0.15, 0.2) is 42.6 Å². The molecule has 1 aliphatic rings. The Bertz CT molecular complexity index is 817. The van der Waals surface area contributed by atoms with E-state index in [-0.39, 0.29) is 0 Å². The number of aromatic nitrogens is 1. The zero-order valence-corrected chi connectivity index (χ0v) is 15.8. The average molecular weight is 366 g/mol. The number of amides is 1. The summed E-state index contributed by atoms with van der Waals surface area (Å²) < 4.78 is 0. The lowest BCUT2D eigenvalue weighted by Crippen LogP contribution is -2.26. The zero-order chi connectivity index (χ0) is 19.2. The largest absolute Gasteiger partial charge is 0.366 e. The van der Waals surface area contributed by atoms with E-state index in [0.29, 0.717) is 6.04 Å². The maximum atomic E-state index is 11.0. The molecular formula is C21H26N4O2. The van der Waals surface area contributed by atoms with Crippen molar-refractivity contribution in [3.8, 4) is 0 Å². The van der Waals surface area contributed by atoms with Crippen LogP contribution in [0, 0.1) is 13.8 Å². The molecule has 142 valence electrons. The zero-order valence-electron chi connectivity index (χ0n) is 15.8. The van der Waals surface area contributed by atoms with Crippen molar-refractivity contribution in [2.45, 2.75) is 32.9 Å². The first-order valence-corrected chi connectivity index (χ1v) is 9.17. The first-order valence-electron chi connectivity index (χ1n) is 9.17. The van der Waals surface area contributed by atoms with E-state index in [0.717, 1.165) is 37.4 Å². The number of pyridine rings is 1. The topological polar surface area (TPSA) is 77.5 Å². The van der Waals surface area contributed by atoms with Gasteiger partial charge in [0.1, 0.15) is 5.82 Å². The highest BCUT2D eigenvalue weighted by Crippen LogP contribution is 2.20. The third-order valence-corrected chi connectivity index (χ3v) is 5.06. The number of carbonyl (C=O) groups is 1. The van der Waals surface area contributed by atoms with Crippen LogP contribution in [-0.2, 0) is 11.3 Å². The smallest absolute Gasteiger partial charge is 0.267 e. The van der Waals surface area contributed by atoms with Crippen LogP contribution in [0.5, 0.6) is 0 Å². The Morgan fingerprint density at radius 3 is 2.93 bits per heavy atom. The van der Waals surface area contributed by atoms with Gasteiger partial charge in [0.2, 0.25) is 0 Å². The van der Waals surface area contributed by atoms with Crippen molar-refractivity contribution in [1.82, 2.24) is 15.4 Å². The molecule has 3 rings (SSSR count). The molecule has 2 aromatic rings. The summed E-state index contributed by atoms with van der Waals surface area (Å²) in [6, 6.07) is 10.7. The Labute approximate surface area is 159 Å². The van der Waals surface area contributed by atoms with Gasteiger partial charge in [0.15, 0.2) is 0 Å². The first-order chi connectivity index (χ1) is 13.0. The number of benzene rings is 1. The lowest BCUT2D eigenvalue weighted by molar-refractivity contribution is -0.124. The fourth-order valence-corrected chi connectivity index (χ4v) is 3.33. The lowest BCUT2D eigenvalue weighted by atomic mass is 10.0.